The molecule has 0 spiro atoms. The summed E-state index contributed by atoms with van der Waals surface area (Å²) in [5.74, 6) is 1.16. The van der Waals surface area contributed by atoms with E-state index in [-0.39, 0.29) is 31.7 Å². The van der Waals surface area contributed by atoms with Gasteiger partial charge in [0.05, 0.1) is 12.2 Å². The van der Waals surface area contributed by atoms with Gasteiger partial charge in [-0.2, -0.15) is 0 Å². The third-order valence-corrected chi connectivity index (χ3v) is 6.36. The van der Waals surface area contributed by atoms with Crippen LogP contribution in [0.3, 0.4) is 0 Å². The summed E-state index contributed by atoms with van der Waals surface area (Å²) in [5, 5.41) is 11.9. The molecule has 2 heterocycles. The first kappa shape index (κ1) is 26.4. The van der Waals surface area contributed by atoms with Crippen molar-refractivity contribution in [2.75, 3.05) is 41.4 Å². The van der Waals surface area contributed by atoms with Crippen molar-refractivity contribution < 1.29 is 19.1 Å². The number of hydrogen-bond donors (Lipinski definition) is 1. The number of carbonyl (C=O) groups is 3. The predicted molar refractivity (Wildman–Crippen MR) is 147 cm³/mol. The molecule has 4 rings (SSSR count). The third kappa shape index (κ3) is 6.56. The van der Waals surface area contributed by atoms with Crippen LogP contribution in [0.5, 0.6) is 0 Å². The Morgan fingerprint density at radius 2 is 1.76 bits per heavy atom. The van der Waals surface area contributed by atoms with E-state index >= 15 is 0 Å². The van der Waals surface area contributed by atoms with E-state index in [1.54, 1.807) is 61.7 Å². The molecule has 0 radical (unpaired) electrons. The molecular formula is C28H28BN5O4. The van der Waals surface area contributed by atoms with Crippen molar-refractivity contribution in [1.29, 1.82) is 5.26 Å². The lowest BCUT2D eigenvalue weighted by Gasteiger charge is -2.30. The number of hydrogen-bond acceptors (Lipinski definition) is 7. The van der Waals surface area contributed by atoms with Crippen LogP contribution in [0.2, 0.25) is 12.6 Å². The molecule has 10 heteroatoms. The number of anilines is 3. The molecule has 1 aromatic heterocycles. The van der Waals surface area contributed by atoms with Crippen LogP contribution < -0.4 is 15.1 Å². The van der Waals surface area contributed by atoms with E-state index in [1.165, 1.54) is 11.1 Å². The molecule has 38 heavy (non-hydrogen) atoms. The van der Waals surface area contributed by atoms with Gasteiger partial charge in [0.25, 0.3) is 18.5 Å². The Morgan fingerprint density at radius 1 is 1.05 bits per heavy atom. The topological polar surface area (TPSA) is 116 Å². The zero-order valence-electron chi connectivity index (χ0n) is 21.2. The SMILES string of the molecule is CCOC(=O)CN(C(=O)c1cccnc1)c1ccc(NC(=O)c2ccc(N3CCB(C#N)CC3)cc2)cc1. The molecule has 3 aromatic rings. The molecule has 0 atom stereocenters. The Balaban J connectivity index is 1.42. The fourth-order valence-corrected chi connectivity index (χ4v) is 4.28. The molecule has 0 bridgehead atoms. The third-order valence-electron chi connectivity index (χ3n) is 6.36. The minimum Gasteiger partial charge on any atom is -0.465 e. The quantitative estimate of drug-likeness (QED) is 0.362. The van der Waals surface area contributed by atoms with Crippen molar-refractivity contribution in [2.24, 2.45) is 0 Å². The molecule has 1 N–H and O–H groups in total. The lowest BCUT2D eigenvalue weighted by atomic mass is 9.45. The Kier molecular flexibility index (Phi) is 8.72. The highest BCUT2D eigenvalue weighted by molar-refractivity contribution is 6.67. The number of esters is 1. The van der Waals surface area contributed by atoms with Crippen LogP contribution in [-0.4, -0.2) is 55.7 Å². The maximum Gasteiger partial charge on any atom is 0.326 e. The highest BCUT2D eigenvalue weighted by Gasteiger charge is 2.23. The van der Waals surface area contributed by atoms with Crippen molar-refractivity contribution >= 4 is 41.6 Å². The minimum absolute atomic E-state index is 0.119. The molecule has 1 fully saturated rings. The van der Waals surface area contributed by atoms with E-state index in [2.05, 4.69) is 21.2 Å². The maximum atomic E-state index is 13.1. The van der Waals surface area contributed by atoms with E-state index in [1.807, 2.05) is 12.1 Å². The molecule has 0 aliphatic carbocycles. The molecule has 9 nitrogen and oxygen atoms in total. The van der Waals surface area contributed by atoms with Crippen molar-refractivity contribution in [3.8, 4) is 5.97 Å². The molecule has 1 aliphatic rings. The summed E-state index contributed by atoms with van der Waals surface area (Å²) in [7, 11) is 0. The summed E-state index contributed by atoms with van der Waals surface area (Å²) in [6.07, 6.45) is 4.70. The van der Waals surface area contributed by atoms with Gasteiger partial charge in [-0.05, 0) is 80.2 Å². The number of pyridine rings is 1. The number of ether oxygens (including phenoxy) is 1. The average Bonchev–Trinajstić information content (AvgIpc) is 2.97. The first-order valence-electron chi connectivity index (χ1n) is 12.5. The van der Waals surface area contributed by atoms with Gasteiger partial charge in [0.2, 0.25) is 0 Å². The van der Waals surface area contributed by atoms with Gasteiger partial charge in [-0.25, -0.2) is 5.26 Å². The Hall–Kier alpha value is -4.65. The number of nitrogens with one attached hydrogen (secondary N) is 1. The maximum absolute atomic E-state index is 13.1. The van der Waals surface area contributed by atoms with Gasteiger partial charge in [-0.1, -0.05) is 0 Å². The second-order valence-corrected chi connectivity index (χ2v) is 8.88. The second-order valence-electron chi connectivity index (χ2n) is 8.88. The normalized spacial score (nSPS) is 12.8. The molecule has 2 amide bonds. The summed E-state index contributed by atoms with van der Waals surface area (Å²) < 4.78 is 5.04. The van der Waals surface area contributed by atoms with E-state index in [0.717, 1.165) is 31.4 Å². The summed E-state index contributed by atoms with van der Waals surface area (Å²) in [4.78, 5) is 45.6. The van der Waals surface area contributed by atoms with Gasteiger partial charge < -0.3 is 15.0 Å². The average molecular weight is 509 g/mol. The minimum atomic E-state index is -0.528. The summed E-state index contributed by atoms with van der Waals surface area (Å²) >= 11 is 0. The first-order chi connectivity index (χ1) is 18.5. The van der Waals surface area contributed by atoms with Crippen LogP contribution in [-0.2, 0) is 9.53 Å². The lowest BCUT2D eigenvalue weighted by molar-refractivity contribution is -0.141. The van der Waals surface area contributed by atoms with Crippen molar-refractivity contribution in [3.63, 3.8) is 0 Å². The first-order valence-corrected chi connectivity index (χ1v) is 12.5. The summed E-state index contributed by atoms with van der Waals surface area (Å²) in [5.41, 5.74) is 2.91. The summed E-state index contributed by atoms with van der Waals surface area (Å²) in [6.45, 7) is 3.43. The fraction of sp³-hybridized carbons (Fsp3) is 0.250. The lowest BCUT2D eigenvalue weighted by Crippen LogP contribution is -2.36. The van der Waals surface area contributed by atoms with Crippen LogP contribution in [0.4, 0.5) is 17.1 Å². The molecule has 2 aromatic carbocycles. The zero-order chi connectivity index (χ0) is 26.9. The molecule has 1 aliphatic heterocycles. The largest absolute Gasteiger partial charge is 0.465 e. The van der Waals surface area contributed by atoms with Gasteiger partial charge in [0.15, 0.2) is 0 Å². The standard InChI is InChI=1S/C28H28BN5O4/c1-2-38-26(35)19-34(28(37)22-4-3-15-31-18-22)25-11-7-23(8-12-25)32-27(36)21-5-9-24(10-6-21)33-16-13-29(20-30)14-17-33/h3-12,15,18H,2,13-14,16-17,19H2,1H3,(H,32,36). The summed E-state index contributed by atoms with van der Waals surface area (Å²) in [6, 6.07) is 17.4. The predicted octanol–water partition coefficient (Wildman–Crippen LogP) is 3.92. The molecule has 0 saturated carbocycles. The number of carbonyl (C=O) groups excluding carboxylic acids is 3. The monoisotopic (exact) mass is 509 g/mol. The van der Waals surface area contributed by atoms with E-state index in [9.17, 15) is 14.4 Å². The number of rotatable bonds is 8. The van der Waals surface area contributed by atoms with Crippen LogP contribution >= 0.6 is 0 Å². The smallest absolute Gasteiger partial charge is 0.326 e. The Morgan fingerprint density at radius 3 is 2.37 bits per heavy atom. The number of amides is 2. The van der Waals surface area contributed by atoms with Gasteiger partial charge in [0, 0.05) is 54.1 Å². The van der Waals surface area contributed by atoms with Gasteiger partial charge in [-0.3, -0.25) is 24.3 Å². The Bertz CT molecular complexity index is 1300. The van der Waals surface area contributed by atoms with E-state index in [0.29, 0.717) is 22.5 Å². The van der Waals surface area contributed by atoms with Crippen molar-refractivity contribution in [1.82, 2.24) is 4.98 Å². The highest BCUT2D eigenvalue weighted by Crippen LogP contribution is 2.23. The molecular weight excluding hydrogens is 481 g/mol. The number of benzene rings is 2. The fourth-order valence-electron chi connectivity index (χ4n) is 4.28. The van der Waals surface area contributed by atoms with Gasteiger partial charge in [0.1, 0.15) is 6.54 Å². The van der Waals surface area contributed by atoms with Crippen molar-refractivity contribution in [2.45, 2.75) is 19.6 Å². The van der Waals surface area contributed by atoms with E-state index < -0.39 is 5.97 Å². The van der Waals surface area contributed by atoms with Gasteiger partial charge >= 0.3 is 5.97 Å². The van der Waals surface area contributed by atoms with Crippen molar-refractivity contribution in [3.05, 3.63) is 84.2 Å². The Labute approximate surface area is 222 Å². The molecule has 0 unspecified atom stereocenters. The van der Waals surface area contributed by atoms with Crippen LogP contribution in [0.25, 0.3) is 0 Å². The van der Waals surface area contributed by atoms with Crippen LogP contribution in [0.15, 0.2) is 73.1 Å². The number of nitriles is 1. The molecule has 1 saturated heterocycles. The number of aromatic nitrogens is 1. The number of nitrogens with zero attached hydrogens (tertiary/aromatic N) is 4. The highest BCUT2D eigenvalue weighted by atomic mass is 16.5. The van der Waals surface area contributed by atoms with Crippen LogP contribution in [0, 0.1) is 11.2 Å². The van der Waals surface area contributed by atoms with Crippen LogP contribution in [0.1, 0.15) is 27.6 Å². The van der Waals surface area contributed by atoms with Gasteiger partial charge in [-0.15, -0.1) is 0 Å². The second kappa shape index (κ2) is 12.5. The van der Waals surface area contributed by atoms with E-state index in [4.69, 9.17) is 10.00 Å². The zero-order valence-corrected chi connectivity index (χ0v) is 21.2. The molecule has 192 valence electrons.